The predicted octanol–water partition coefficient (Wildman–Crippen LogP) is 8.78. The Morgan fingerprint density at radius 2 is 1.29 bits per heavy atom. The summed E-state index contributed by atoms with van der Waals surface area (Å²) in [6.45, 7) is 7.59. The van der Waals surface area contributed by atoms with Crippen LogP contribution in [0, 0.1) is 0 Å². The standard InChI is InChI=1S/C32H51NO/c1-3-5-7-9-11-17-23-33(24-18-12-10-8-6-4-2)26-32(34)31-25-27-19-13-14-20-28(27)29-21-15-16-22-30(29)31/h15-16,21-22,25,32,34H,3-14,17-20,23-24,26H2,1-2H3/t32-/m0/s1. The normalized spacial score (nSPS) is 14.6. The third-order valence-electron chi connectivity index (χ3n) is 7.85. The van der Waals surface area contributed by atoms with E-state index in [1.165, 1.54) is 125 Å². The topological polar surface area (TPSA) is 23.5 Å². The van der Waals surface area contributed by atoms with Gasteiger partial charge in [-0.3, -0.25) is 0 Å². The van der Waals surface area contributed by atoms with E-state index >= 15 is 0 Å². The molecule has 0 saturated heterocycles. The molecule has 1 aliphatic rings. The fourth-order valence-electron chi connectivity index (χ4n) is 5.80. The minimum Gasteiger partial charge on any atom is -0.387 e. The molecule has 0 amide bonds. The molecule has 1 N–H and O–H groups in total. The van der Waals surface area contributed by atoms with Crippen LogP contribution < -0.4 is 0 Å². The van der Waals surface area contributed by atoms with Crippen molar-refractivity contribution in [2.75, 3.05) is 19.6 Å². The number of unbranched alkanes of at least 4 members (excludes halogenated alkanes) is 10. The Balaban J connectivity index is 1.64. The first-order valence-electron chi connectivity index (χ1n) is 14.7. The Morgan fingerprint density at radius 3 is 1.94 bits per heavy atom. The summed E-state index contributed by atoms with van der Waals surface area (Å²) >= 11 is 0. The van der Waals surface area contributed by atoms with Crippen LogP contribution in [-0.2, 0) is 12.8 Å². The molecule has 2 nitrogen and oxygen atoms in total. The summed E-state index contributed by atoms with van der Waals surface area (Å²) in [5, 5.41) is 14.1. The number of rotatable bonds is 17. The summed E-state index contributed by atoms with van der Waals surface area (Å²) < 4.78 is 0. The lowest BCUT2D eigenvalue weighted by atomic mass is 9.84. The van der Waals surface area contributed by atoms with E-state index in [0.717, 1.165) is 25.2 Å². The van der Waals surface area contributed by atoms with Gasteiger partial charge in [-0.15, -0.1) is 0 Å². The summed E-state index contributed by atoms with van der Waals surface area (Å²) in [7, 11) is 0. The fourth-order valence-corrected chi connectivity index (χ4v) is 5.80. The van der Waals surface area contributed by atoms with E-state index in [4.69, 9.17) is 0 Å². The molecule has 0 spiro atoms. The van der Waals surface area contributed by atoms with Crippen LogP contribution in [0.3, 0.4) is 0 Å². The number of nitrogens with zero attached hydrogens (tertiary/aromatic N) is 1. The summed E-state index contributed by atoms with van der Waals surface area (Å²) in [6, 6.07) is 11.2. The lowest BCUT2D eigenvalue weighted by molar-refractivity contribution is 0.111. The van der Waals surface area contributed by atoms with Crippen LogP contribution in [-0.4, -0.2) is 29.6 Å². The molecule has 0 heterocycles. The van der Waals surface area contributed by atoms with E-state index in [-0.39, 0.29) is 0 Å². The number of hydrogen-bond acceptors (Lipinski definition) is 2. The molecular weight excluding hydrogens is 414 g/mol. The summed E-state index contributed by atoms with van der Waals surface area (Å²) in [4.78, 5) is 2.57. The van der Waals surface area contributed by atoms with E-state index in [1.54, 1.807) is 0 Å². The molecule has 1 atom stereocenters. The van der Waals surface area contributed by atoms with Crippen molar-refractivity contribution in [1.29, 1.82) is 0 Å². The van der Waals surface area contributed by atoms with E-state index < -0.39 is 6.10 Å². The molecule has 0 radical (unpaired) electrons. The lowest BCUT2D eigenvalue weighted by Crippen LogP contribution is -2.31. The molecule has 2 aromatic carbocycles. The Morgan fingerprint density at radius 1 is 0.735 bits per heavy atom. The highest BCUT2D eigenvalue weighted by Crippen LogP contribution is 2.34. The second kappa shape index (κ2) is 15.6. The lowest BCUT2D eigenvalue weighted by Gasteiger charge is -2.27. The number of fused-ring (bicyclic) bond motifs is 3. The molecule has 0 unspecified atom stereocenters. The predicted molar refractivity (Wildman–Crippen MR) is 149 cm³/mol. The van der Waals surface area contributed by atoms with Gasteiger partial charge in [-0.05, 0) is 79.1 Å². The van der Waals surface area contributed by atoms with Gasteiger partial charge >= 0.3 is 0 Å². The number of aliphatic hydroxyl groups is 1. The summed E-state index contributed by atoms with van der Waals surface area (Å²) in [5.74, 6) is 0. The van der Waals surface area contributed by atoms with Gasteiger partial charge in [0.1, 0.15) is 0 Å². The molecule has 1 aliphatic carbocycles. The van der Waals surface area contributed by atoms with Gasteiger partial charge in [0, 0.05) is 6.54 Å². The first-order chi connectivity index (χ1) is 16.7. The zero-order valence-electron chi connectivity index (χ0n) is 22.3. The third kappa shape index (κ3) is 8.38. The highest BCUT2D eigenvalue weighted by molar-refractivity contribution is 5.90. The minimum absolute atomic E-state index is 0.405. The monoisotopic (exact) mass is 465 g/mol. The zero-order chi connectivity index (χ0) is 24.0. The van der Waals surface area contributed by atoms with Crippen LogP contribution >= 0.6 is 0 Å². The molecule has 0 bridgehead atoms. The van der Waals surface area contributed by atoms with Crippen molar-refractivity contribution in [2.45, 2.75) is 123 Å². The molecule has 0 saturated carbocycles. The molecular formula is C32H51NO. The maximum absolute atomic E-state index is 11.5. The third-order valence-corrected chi connectivity index (χ3v) is 7.85. The van der Waals surface area contributed by atoms with Crippen molar-refractivity contribution in [3.63, 3.8) is 0 Å². The van der Waals surface area contributed by atoms with Crippen molar-refractivity contribution < 1.29 is 5.11 Å². The quantitative estimate of drug-likeness (QED) is 0.236. The molecule has 0 aliphatic heterocycles. The van der Waals surface area contributed by atoms with Gasteiger partial charge in [0.15, 0.2) is 0 Å². The second-order valence-electron chi connectivity index (χ2n) is 10.7. The SMILES string of the molecule is CCCCCCCCN(CCCCCCCC)C[C@H](O)c1cc2c(c3ccccc13)CCCC2. The Kier molecular flexibility index (Phi) is 12.5. The number of benzene rings is 2. The molecule has 2 heteroatoms. The minimum atomic E-state index is -0.405. The smallest absolute Gasteiger partial charge is 0.0923 e. The van der Waals surface area contributed by atoms with Crippen LogP contribution in [0.2, 0.25) is 0 Å². The van der Waals surface area contributed by atoms with Gasteiger partial charge in [-0.25, -0.2) is 0 Å². The maximum Gasteiger partial charge on any atom is 0.0923 e. The van der Waals surface area contributed by atoms with Crippen LogP contribution in [0.25, 0.3) is 10.8 Å². The maximum atomic E-state index is 11.5. The Hall–Kier alpha value is -1.38. The zero-order valence-corrected chi connectivity index (χ0v) is 22.3. The first-order valence-corrected chi connectivity index (χ1v) is 14.7. The van der Waals surface area contributed by atoms with Gasteiger partial charge in [-0.1, -0.05) is 108 Å². The summed E-state index contributed by atoms with van der Waals surface area (Å²) in [5.41, 5.74) is 4.18. The Bertz CT molecular complexity index is 813. The molecule has 0 aromatic heterocycles. The van der Waals surface area contributed by atoms with Crippen LogP contribution in [0.5, 0.6) is 0 Å². The van der Waals surface area contributed by atoms with Gasteiger partial charge in [0.25, 0.3) is 0 Å². The summed E-state index contributed by atoms with van der Waals surface area (Å²) in [6.07, 6.45) is 20.5. The van der Waals surface area contributed by atoms with Crippen molar-refractivity contribution in [1.82, 2.24) is 4.90 Å². The van der Waals surface area contributed by atoms with Crippen molar-refractivity contribution in [3.05, 3.63) is 47.0 Å². The Labute approximate surface area is 210 Å². The van der Waals surface area contributed by atoms with Gasteiger partial charge < -0.3 is 10.0 Å². The van der Waals surface area contributed by atoms with Crippen molar-refractivity contribution >= 4 is 10.8 Å². The first kappa shape index (κ1) is 27.2. The molecule has 2 aromatic rings. The van der Waals surface area contributed by atoms with E-state index in [0.29, 0.717) is 0 Å². The van der Waals surface area contributed by atoms with Crippen LogP contribution in [0.4, 0.5) is 0 Å². The van der Waals surface area contributed by atoms with Gasteiger partial charge in [0.05, 0.1) is 6.10 Å². The van der Waals surface area contributed by atoms with E-state index in [2.05, 4.69) is 49.1 Å². The van der Waals surface area contributed by atoms with Crippen LogP contribution in [0.15, 0.2) is 30.3 Å². The molecule has 190 valence electrons. The van der Waals surface area contributed by atoms with Crippen LogP contribution in [0.1, 0.15) is 127 Å². The van der Waals surface area contributed by atoms with E-state index in [1.807, 2.05) is 0 Å². The van der Waals surface area contributed by atoms with Gasteiger partial charge in [-0.2, -0.15) is 0 Å². The number of hydrogen-bond donors (Lipinski definition) is 1. The highest BCUT2D eigenvalue weighted by atomic mass is 16.3. The molecule has 3 rings (SSSR count). The van der Waals surface area contributed by atoms with Gasteiger partial charge in [0.2, 0.25) is 0 Å². The van der Waals surface area contributed by atoms with Crippen molar-refractivity contribution in [2.24, 2.45) is 0 Å². The number of aliphatic hydroxyl groups excluding tert-OH is 1. The molecule has 34 heavy (non-hydrogen) atoms. The second-order valence-corrected chi connectivity index (χ2v) is 10.7. The highest BCUT2D eigenvalue weighted by Gasteiger charge is 2.20. The average Bonchev–Trinajstić information content (AvgIpc) is 2.87. The van der Waals surface area contributed by atoms with E-state index in [9.17, 15) is 5.11 Å². The number of aryl methyl sites for hydroxylation is 2. The van der Waals surface area contributed by atoms with Crippen molar-refractivity contribution in [3.8, 4) is 0 Å². The fraction of sp³-hybridized carbons (Fsp3) is 0.688. The largest absolute Gasteiger partial charge is 0.387 e. The molecule has 0 fully saturated rings. The average molecular weight is 466 g/mol.